The number of carboxylic acid groups (broad SMARTS) is 1. The maximum absolute atomic E-state index is 11.9. The summed E-state index contributed by atoms with van der Waals surface area (Å²) >= 11 is 0. The second kappa shape index (κ2) is 7.28. The zero-order chi connectivity index (χ0) is 16.0. The van der Waals surface area contributed by atoms with Crippen molar-refractivity contribution in [1.82, 2.24) is 4.90 Å². The van der Waals surface area contributed by atoms with Crippen LogP contribution in [0.3, 0.4) is 0 Å². The van der Waals surface area contributed by atoms with Crippen LogP contribution in [-0.4, -0.2) is 52.8 Å². The van der Waals surface area contributed by atoms with Crippen LogP contribution < -0.4 is 0 Å². The quantitative estimate of drug-likeness (QED) is 0.796. The largest absolute Gasteiger partial charge is 0.481 e. The Morgan fingerprint density at radius 2 is 1.71 bits per heavy atom. The molecule has 0 aromatic rings. The lowest BCUT2D eigenvalue weighted by Gasteiger charge is -2.33. The second-order valence-electron chi connectivity index (χ2n) is 6.05. The molecule has 0 saturated carbocycles. The van der Waals surface area contributed by atoms with Crippen molar-refractivity contribution in [2.45, 2.75) is 58.2 Å². The molecule has 7 heteroatoms. The number of ether oxygens (including phenoxy) is 2. The Kier molecular flexibility index (Phi) is 5.99. The fourth-order valence-corrected chi connectivity index (χ4v) is 1.94. The molecule has 7 nitrogen and oxygen atoms in total. The Morgan fingerprint density at radius 1 is 1.14 bits per heavy atom. The first-order chi connectivity index (χ1) is 9.67. The summed E-state index contributed by atoms with van der Waals surface area (Å²) in [6.07, 6.45) is 0.107. The molecule has 0 unspecified atom stereocenters. The molecule has 0 aromatic heterocycles. The van der Waals surface area contributed by atoms with Gasteiger partial charge < -0.3 is 19.5 Å². The summed E-state index contributed by atoms with van der Waals surface area (Å²) in [5.41, 5.74) is -0.531. The van der Waals surface area contributed by atoms with Gasteiger partial charge in [-0.25, -0.2) is 4.79 Å². The number of aliphatic carboxylic acids is 1. The SMILES string of the molecule is CC(C)(C)OC(=O)N1CCC(OC(=O)CCC(=O)O)CC1. The van der Waals surface area contributed by atoms with Crippen molar-refractivity contribution in [2.24, 2.45) is 0 Å². The van der Waals surface area contributed by atoms with Crippen molar-refractivity contribution in [2.75, 3.05) is 13.1 Å². The van der Waals surface area contributed by atoms with E-state index in [0.29, 0.717) is 25.9 Å². The highest BCUT2D eigenvalue weighted by Crippen LogP contribution is 2.17. The molecule has 120 valence electrons. The lowest BCUT2D eigenvalue weighted by atomic mass is 10.1. The minimum Gasteiger partial charge on any atom is -0.481 e. The number of carbonyl (C=O) groups is 3. The Bertz CT molecular complexity index is 393. The van der Waals surface area contributed by atoms with E-state index in [-0.39, 0.29) is 25.0 Å². The van der Waals surface area contributed by atoms with E-state index in [4.69, 9.17) is 14.6 Å². The van der Waals surface area contributed by atoms with E-state index in [1.165, 1.54) is 0 Å². The summed E-state index contributed by atoms with van der Waals surface area (Å²) in [5.74, 6) is -1.53. The lowest BCUT2D eigenvalue weighted by Crippen LogP contribution is -2.43. The van der Waals surface area contributed by atoms with Gasteiger partial charge in [-0.2, -0.15) is 0 Å². The van der Waals surface area contributed by atoms with Gasteiger partial charge in [-0.05, 0) is 20.8 Å². The Balaban J connectivity index is 2.30. The fraction of sp³-hybridized carbons (Fsp3) is 0.786. The predicted octanol–water partition coefficient (Wildman–Crippen LogP) is 1.79. The number of hydrogen-bond acceptors (Lipinski definition) is 5. The summed E-state index contributed by atoms with van der Waals surface area (Å²) in [5, 5.41) is 8.49. The van der Waals surface area contributed by atoms with Gasteiger partial charge in [-0.1, -0.05) is 0 Å². The van der Waals surface area contributed by atoms with Crippen LogP contribution in [0.5, 0.6) is 0 Å². The molecule has 0 radical (unpaired) electrons. The van der Waals surface area contributed by atoms with Crippen LogP contribution in [0.1, 0.15) is 46.5 Å². The highest BCUT2D eigenvalue weighted by atomic mass is 16.6. The number of esters is 1. The van der Waals surface area contributed by atoms with E-state index in [9.17, 15) is 14.4 Å². The Morgan fingerprint density at radius 3 is 2.19 bits per heavy atom. The molecular weight excluding hydrogens is 278 g/mol. The molecule has 1 saturated heterocycles. The summed E-state index contributed by atoms with van der Waals surface area (Å²) < 4.78 is 10.5. The molecule has 1 heterocycles. The van der Waals surface area contributed by atoms with Gasteiger partial charge in [0, 0.05) is 25.9 Å². The summed E-state index contributed by atoms with van der Waals surface area (Å²) in [6.45, 7) is 6.35. The van der Waals surface area contributed by atoms with E-state index >= 15 is 0 Å². The fourth-order valence-electron chi connectivity index (χ4n) is 1.94. The molecule has 0 bridgehead atoms. The van der Waals surface area contributed by atoms with Crippen LogP contribution in [0.15, 0.2) is 0 Å². The first kappa shape index (κ1) is 17.3. The van der Waals surface area contributed by atoms with Crippen molar-refractivity contribution >= 4 is 18.0 Å². The van der Waals surface area contributed by atoms with E-state index in [2.05, 4.69) is 0 Å². The number of hydrogen-bond donors (Lipinski definition) is 1. The minimum atomic E-state index is -1.02. The van der Waals surface area contributed by atoms with Crippen molar-refractivity contribution < 1.29 is 29.0 Å². The van der Waals surface area contributed by atoms with Gasteiger partial charge in [0.2, 0.25) is 0 Å². The second-order valence-corrected chi connectivity index (χ2v) is 6.05. The number of amides is 1. The van der Waals surface area contributed by atoms with Crippen LogP contribution >= 0.6 is 0 Å². The van der Waals surface area contributed by atoms with Gasteiger partial charge >= 0.3 is 18.0 Å². The highest BCUT2D eigenvalue weighted by Gasteiger charge is 2.28. The third-order valence-corrected chi connectivity index (χ3v) is 2.93. The first-order valence-corrected chi connectivity index (χ1v) is 7.06. The van der Waals surface area contributed by atoms with Crippen LogP contribution in [0.25, 0.3) is 0 Å². The van der Waals surface area contributed by atoms with E-state index in [0.717, 1.165) is 0 Å². The molecule has 1 amide bonds. The molecular formula is C14H23NO6. The van der Waals surface area contributed by atoms with Crippen LogP contribution in [0, 0.1) is 0 Å². The zero-order valence-corrected chi connectivity index (χ0v) is 12.8. The summed E-state index contributed by atoms with van der Waals surface area (Å²) in [7, 11) is 0. The van der Waals surface area contributed by atoms with E-state index in [1.807, 2.05) is 20.8 Å². The van der Waals surface area contributed by atoms with Gasteiger partial charge in [0.1, 0.15) is 11.7 Å². The van der Waals surface area contributed by atoms with Crippen LogP contribution in [-0.2, 0) is 19.1 Å². The molecule has 0 aliphatic carbocycles. The van der Waals surface area contributed by atoms with E-state index < -0.39 is 17.5 Å². The average Bonchev–Trinajstić information content (AvgIpc) is 2.35. The number of carboxylic acids is 1. The number of likely N-dealkylation sites (tertiary alicyclic amines) is 1. The predicted molar refractivity (Wildman–Crippen MR) is 73.8 cm³/mol. The van der Waals surface area contributed by atoms with Crippen molar-refractivity contribution in [3.8, 4) is 0 Å². The molecule has 1 rings (SSSR count). The standard InChI is InChI=1S/C14H23NO6/c1-14(2,3)21-13(19)15-8-6-10(7-9-15)20-12(18)5-4-11(16)17/h10H,4-9H2,1-3H3,(H,16,17). The Labute approximate surface area is 124 Å². The smallest absolute Gasteiger partial charge is 0.410 e. The number of piperidine rings is 1. The third kappa shape index (κ3) is 6.97. The van der Waals surface area contributed by atoms with Crippen molar-refractivity contribution in [3.63, 3.8) is 0 Å². The average molecular weight is 301 g/mol. The van der Waals surface area contributed by atoms with E-state index in [1.54, 1.807) is 4.90 Å². The number of nitrogens with zero attached hydrogens (tertiary/aromatic N) is 1. The van der Waals surface area contributed by atoms with Gasteiger partial charge in [0.25, 0.3) is 0 Å². The molecule has 0 spiro atoms. The van der Waals surface area contributed by atoms with Crippen LogP contribution in [0.4, 0.5) is 4.79 Å². The molecule has 1 N–H and O–H groups in total. The van der Waals surface area contributed by atoms with Gasteiger partial charge in [-0.3, -0.25) is 9.59 Å². The Hall–Kier alpha value is -1.79. The molecule has 0 atom stereocenters. The van der Waals surface area contributed by atoms with Crippen molar-refractivity contribution in [3.05, 3.63) is 0 Å². The first-order valence-electron chi connectivity index (χ1n) is 7.06. The van der Waals surface area contributed by atoms with Gasteiger partial charge in [0.05, 0.1) is 12.8 Å². The molecule has 21 heavy (non-hydrogen) atoms. The molecule has 1 aliphatic rings. The molecule has 1 fully saturated rings. The molecule has 0 aromatic carbocycles. The zero-order valence-electron chi connectivity index (χ0n) is 12.8. The maximum Gasteiger partial charge on any atom is 0.410 e. The summed E-state index contributed by atoms with van der Waals surface area (Å²) in [4.78, 5) is 35.2. The minimum absolute atomic E-state index is 0.123. The monoisotopic (exact) mass is 301 g/mol. The van der Waals surface area contributed by atoms with Crippen molar-refractivity contribution in [1.29, 1.82) is 0 Å². The maximum atomic E-state index is 11.9. The normalized spacial score (nSPS) is 16.4. The highest BCUT2D eigenvalue weighted by molar-refractivity contribution is 5.76. The third-order valence-electron chi connectivity index (χ3n) is 2.93. The van der Waals surface area contributed by atoms with Gasteiger partial charge in [0.15, 0.2) is 0 Å². The molecule has 1 aliphatic heterocycles. The van der Waals surface area contributed by atoms with Crippen LogP contribution in [0.2, 0.25) is 0 Å². The number of rotatable bonds is 4. The lowest BCUT2D eigenvalue weighted by molar-refractivity contribution is -0.153. The topological polar surface area (TPSA) is 93.1 Å². The van der Waals surface area contributed by atoms with Gasteiger partial charge in [-0.15, -0.1) is 0 Å². The summed E-state index contributed by atoms with van der Waals surface area (Å²) in [6, 6.07) is 0. The number of carbonyl (C=O) groups excluding carboxylic acids is 2.